The predicted octanol–water partition coefficient (Wildman–Crippen LogP) is 6.29. The zero-order chi connectivity index (χ0) is 33.2. The van der Waals surface area contributed by atoms with E-state index in [-0.39, 0.29) is 35.5 Å². The Hall–Kier alpha value is -4.63. The summed E-state index contributed by atoms with van der Waals surface area (Å²) in [5.74, 6) is -0.275. The minimum absolute atomic E-state index is 0.0391. The number of ether oxygens (including phenoxy) is 1. The van der Waals surface area contributed by atoms with Crippen molar-refractivity contribution < 1.29 is 22.7 Å². The van der Waals surface area contributed by atoms with Crippen molar-refractivity contribution in [3.05, 3.63) is 126 Å². The van der Waals surface area contributed by atoms with E-state index in [0.717, 1.165) is 53.1 Å². The molecule has 0 saturated heterocycles. The molecule has 0 bridgehead atoms. The van der Waals surface area contributed by atoms with Crippen LogP contribution in [0, 0.1) is 6.92 Å². The number of carbonyl (C=O) groups excluding carboxylic acids is 2. The number of hydrogen-bond acceptors (Lipinski definition) is 5. The summed E-state index contributed by atoms with van der Waals surface area (Å²) in [6.07, 6.45) is 5.32. The fourth-order valence-electron chi connectivity index (χ4n) is 6.12. The molecule has 4 aromatic rings. The average molecular weight is 654 g/mol. The minimum atomic E-state index is -4.19. The summed E-state index contributed by atoms with van der Waals surface area (Å²) in [6, 6.07) is 31.3. The summed E-state index contributed by atoms with van der Waals surface area (Å²) in [5.41, 5.74) is 3.05. The van der Waals surface area contributed by atoms with E-state index in [1.807, 2.05) is 61.5 Å². The first-order valence-electron chi connectivity index (χ1n) is 16.2. The predicted molar refractivity (Wildman–Crippen MR) is 185 cm³/mol. The molecule has 1 aliphatic carbocycles. The Morgan fingerprint density at radius 2 is 1.49 bits per heavy atom. The first kappa shape index (κ1) is 33.7. The lowest BCUT2D eigenvalue weighted by Gasteiger charge is -2.35. The SMILES string of the molecule is COc1cccc(N(CC(=O)N(Cc2cccc(C)c2)[C@H](Cc2ccccc2)C(=O)NC2CCCCC2)S(=O)(=O)c2ccccc2)c1. The smallest absolute Gasteiger partial charge is 0.264 e. The van der Waals surface area contributed by atoms with Crippen LogP contribution in [0.15, 0.2) is 114 Å². The summed E-state index contributed by atoms with van der Waals surface area (Å²) in [5, 5.41) is 3.25. The van der Waals surface area contributed by atoms with Gasteiger partial charge in [0.1, 0.15) is 18.3 Å². The van der Waals surface area contributed by atoms with Gasteiger partial charge in [-0.25, -0.2) is 8.42 Å². The van der Waals surface area contributed by atoms with Gasteiger partial charge in [0.15, 0.2) is 0 Å². The van der Waals surface area contributed by atoms with Crippen LogP contribution >= 0.6 is 0 Å². The molecule has 8 nitrogen and oxygen atoms in total. The summed E-state index contributed by atoms with van der Waals surface area (Å²) in [6.45, 7) is 1.59. The summed E-state index contributed by atoms with van der Waals surface area (Å²) < 4.78 is 34.9. The number of benzene rings is 4. The first-order valence-corrected chi connectivity index (χ1v) is 17.6. The molecule has 0 heterocycles. The van der Waals surface area contributed by atoms with E-state index < -0.39 is 28.5 Å². The van der Waals surface area contributed by atoms with Crippen LogP contribution < -0.4 is 14.4 Å². The number of rotatable bonds is 13. The largest absolute Gasteiger partial charge is 0.497 e. The Balaban J connectivity index is 1.57. The van der Waals surface area contributed by atoms with Gasteiger partial charge in [0.05, 0.1) is 17.7 Å². The summed E-state index contributed by atoms with van der Waals surface area (Å²) in [7, 11) is -2.68. The van der Waals surface area contributed by atoms with Crippen LogP contribution in [0.25, 0.3) is 0 Å². The van der Waals surface area contributed by atoms with E-state index >= 15 is 0 Å². The van der Waals surface area contributed by atoms with Crippen LogP contribution in [0.2, 0.25) is 0 Å². The molecule has 1 aliphatic rings. The van der Waals surface area contributed by atoms with Gasteiger partial charge in [-0.05, 0) is 55.2 Å². The topological polar surface area (TPSA) is 96.0 Å². The van der Waals surface area contributed by atoms with Gasteiger partial charge in [-0.2, -0.15) is 0 Å². The highest BCUT2D eigenvalue weighted by atomic mass is 32.2. The number of sulfonamides is 1. The number of hydrogen-bond donors (Lipinski definition) is 1. The molecular formula is C38H43N3O5S. The van der Waals surface area contributed by atoms with E-state index in [9.17, 15) is 18.0 Å². The quantitative estimate of drug-likeness (QED) is 0.183. The molecule has 4 aromatic carbocycles. The zero-order valence-corrected chi connectivity index (χ0v) is 27.9. The number of nitrogens with one attached hydrogen (secondary N) is 1. The van der Waals surface area contributed by atoms with Crippen molar-refractivity contribution in [3.63, 3.8) is 0 Å². The first-order chi connectivity index (χ1) is 22.7. The Morgan fingerprint density at radius 3 is 2.17 bits per heavy atom. The van der Waals surface area contributed by atoms with Crippen LogP contribution in [-0.2, 0) is 32.6 Å². The van der Waals surface area contributed by atoms with Crippen molar-refractivity contribution in [1.82, 2.24) is 10.2 Å². The van der Waals surface area contributed by atoms with Crippen molar-refractivity contribution in [2.24, 2.45) is 0 Å². The average Bonchev–Trinajstić information content (AvgIpc) is 3.10. The van der Waals surface area contributed by atoms with E-state index in [1.54, 1.807) is 47.4 Å². The van der Waals surface area contributed by atoms with E-state index in [2.05, 4.69) is 5.32 Å². The van der Waals surface area contributed by atoms with Gasteiger partial charge in [-0.1, -0.05) is 104 Å². The molecule has 9 heteroatoms. The van der Waals surface area contributed by atoms with Crippen LogP contribution in [0.4, 0.5) is 5.69 Å². The van der Waals surface area contributed by atoms with Gasteiger partial charge in [-0.3, -0.25) is 13.9 Å². The third-order valence-corrected chi connectivity index (χ3v) is 10.4. The zero-order valence-electron chi connectivity index (χ0n) is 27.0. The Morgan fingerprint density at radius 1 is 0.830 bits per heavy atom. The molecular weight excluding hydrogens is 611 g/mol. The van der Waals surface area contributed by atoms with Gasteiger partial charge in [0.2, 0.25) is 11.8 Å². The van der Waals surface area contributed by atoms with E-state index in [0.29, 0.717) is 5.75 Å². The van der Waals surface area contributed by atoms with Crippen molar-refractivity contribution >= 4 is 27.5 Å². The van der Waals surface area contributed by atoms with Crippen LogP contribution in [0.5, 0.6) is 5.75 Å². The van der Waals surface area contributed by atoms with Crippen LogP contribution in [0.3, 0.4) is 0 Å². The number of amides is 2. The lowest BCUT2D eigenvalue weighted by molar-refractivity contribution is -0.140. The summed E-state index contributed by atoms with van der Waals surface area (Å²) in [4.78, 5) is 30.5. The second kappa shape index (κ2) is 15.8. The molecule has 47 heavy (non-hydrogen) atoms. The molecule has 2 amide bonds. The molecule has 5 rings (SSSR count). The maximum absolute atomic E-state index is 14.7. The highest BCUT2D eigenvalue weighted by Crippen LogP contribution is 2.28. The van der Waals surface area contributed by atoms with Crippen molar-refractivity contribution in [2.75, 3.05) is 18.0 Å². The Bertz CT molecular complexity index is 1740. The summed E-state index contributed by atoms with van der Waals surface area (Å²) >= 11 is 0. The van der Waals surface area contributed by atoms with Crippen molar-refractivity contribution in [1.29, 1.82) is 0 Å². The Kier molecular flexibility index (Phi) is 11.3. The number of nitrogens with zero attached hydrogens (tertiary/aromatic N) is 2. The molecule has 246 valence electrons. The highest BCUT2D eigenvalue weighted by Gasteiger charge is 2.35. The van der Waals surface area contributed by atoms with Crippen LogP contribution in [0.1, 0.15) is 48.8 Å². The third kappa shape index (κ3) is 8.80. The van der Waals surface area contributed by atoms with Gasteiger partial charge < -0.3 is 15.0 Å². The fraction of sp³-hybridized carbons (Fsp3) is 0.316. The lowest BCUT2D eigenvalue weighted by atomic mass is 9.94. The molecule has 1 atom stereocenters. The minimum Gasteiger partial charge on any atom is -0.497 e. The van der Waals surface area contributed by atoms with Gasteiger partial charge >= 0.3 is 0 Å². The molecule has 0 aliphatic heterocycles. The second-order valence-electron chi connectivity index (χ2n) is 12.1. The number of carbonyl (C=O) groups is 2. The fourth-order valence-corrected chi connectivity index (χ4v) is 7.55. The Labute approximate surface area is 278 Å². The van der Waals surface area contributed by atoms with E-state index in [4.69, 9.17) is 4.74 Å². The molecule has 1 saturated carbocycles. The molecule has 0 radical (unpaired) electrons. The third-order valence-electron chi connectivity index (χ3n) is 8.61. The van der Waals surface area contributed by atoms with Crippen molar-refractivity contribution in [2.45, 2.75) is 69.0 Å². The number of methoxy groups -OCH3 is 1. The molecule has 1 fully saturated rings. The highest BCUT2D eigenvalue weighted by molar-refractivity contribution is 7.92. The van der Waals surface area contributed by atoms with Gasteiger partial charge in [-0.15, -0.1) is 0 Å². The van der Waals surface area contributed by atoms with Crippen molar-refractivity contribution in [3.8, 4) is 5.75 Å². The lowest BCUT2D eigenvalue weighted by Crippen LogP contribution is -2.55. The monoisotopic (exact) mass is 653 g/mol. The molecule has 0 unspecified atom stereocenters. The van der Waals surface area contributed by atoms with Gasteiger partial charge in [0, 0.05) is 25.1 Å². The van der Waals surface area contributed by atoms with Gasteiger partial charge in [0.25, 0.3) is 10.0 Å². The molecule has 0 aromatic heterocycles. The normalized spacial score (nSPS) is 14.2. The van der Waals surface area contributed by atoms with E-state index in [1.165, 1.54) is 19.2 Å². The molecule has 0 spiro atoms. The maximum Gasteiger partial charge on any atom is 0.264 e. The number of anilines is 1. The maximum atomic E-state index is 14.7. The number of aryl methyl sites for hydroxylation is 1. The van der Waals surface area contributed by atoms with Crippen LogP contribution in [-0.4, -0.2) is 50.9 Å². The standard InChI is InChI=1S/C38H43N3O5S/c1-29-14-12-17-31(24-29)27-40(36(25-30-15-6-3-7-16-30)38(43)39-32-18-8-4-9-19-32)37(42)28-41(33-20-13-21-34(26-33)46-2)47(44,45)35-22-10-5-11-23-35/h3,5-7,10-17,20-24,26,32,36H,4,8-9,18-19,25,27-28H2,1-2H3,(H,39,43)/t36-/m1/s1. The second-order valence-corrected chi connectivity index (χ2v) is 13.9. The molecule has 1 N–H and O–H groups in total.